The molecule has 0 saturated carbocycles. The van der Waals surface area contributed by atoms with E-state index in [9.17, 15) is 0 Å². The lowest BCUT2D eigenvalue weighted by Crippen LogP contribution is -1.94. The third-order valence-electron chi connectivity index (χ3n) is 2.30. The van der Waals surface area contributed by atoms with Gasteiger partial charge < -0.3 is 4.74 Å². The van der Waals surface area contributed by atoms with Gasteiger partial charge in [0.2, 0.25) is 5.88 Å². The first-order valence-corrected chi connectivity index (χ1v) is 5.16. The zero-order valence-electron chi connectivity index (χ0n) is 9.64. The van der Waals surface area contributed by atoms with Crippen molar-refractivity contribution in [1.29, 1.82) is 5.26 Å². The highest BCUT2D eigenvalue weighted by atomic mass is 16.5. The van der Waals surface area contributed by atoms with Crippen LogP contribution in [-0.2, 0) is 0 Å². The van der Waals surface area contributed by atoms with Crippen LogP contribution in [0.2, 0.25) is 0 Å². The van der Waals surface area contributed by atoms with Crippen LogP contribution in [0.15, 0.2) is 30.7 Å². The van der Waals surface area contributed by atoms with E-state index in [1.54, 1.807) is 18.3 Å². The Morgan fingerprint density at radius 3 is 2.76 bits per heavy atom. The second-order valence-corrected chi connectivity index (χ2v) is 3.72. The Bertz CT molecular complexity index is 573. The maximum Gasteiger partial charge on any atom is 0.222 e. The van der Waals surface area contributed by atoms with E-state index in [2.05, 4.69) is 16.0 Å². The van der Waals surface area contributed by atoms with Gasteiger partial charge >= 0.3 is 0 Å². The number of hydrogen-bond acceptors (Lipinski definition) is 4. The van der Waals surface area contributed by atoms with Crippen molar-refractivity contribution in [3.8, 4) is 17.7 Å². The molecule has 4 heteroatoms. The minimum Gasteiger partial charge on any atom is -0.437 e. The van der Waals surface area contributed by atoms with Crippen LogP contribution in [0.25, 0.3) is 0 Å². The molecule has 0 aliphatic rings. The van der Waals surface area contributed by atoms with Gasteiger partial charge in [-0.2, -0.15) is 5.26 Å². The van der Waals surface area contributed by atoms with Gasteiger partial charge in [-0.3, -0.25) is 0 Å². The van der Waals surface area contributed by atoms with Crippen molar-refractivity contribution in [1.82, 2.24) is 9.97 Å². The van der Waals surface area contributed by atoms with Crippen molar-refractivity contribution in [2.45, 2.75) is 13.8 Å². The summed E-state index contributed by atoms with van der Waals surface area (Å²) in [6.07, 6.45) is 3.00. The fraction of sp³-hybridized carbons (Fsp3) is 0.154. The molecule has 0 saturated heterocycles. The van der Waals surface area contributed by atoms with Gasteiger partial charge in [0.05, 0.1) is 5.56 Å². The summed E-state index contributed by atoms with van der Waals surface area (Å²) in [6.45, 7) is 3.85. The molecule has 0 unspecified atom stereocenters. The molecule has 0 radical (unpaired) electrons. The lowest BCUT2D eigenvalue weighted by Gasteiger charge is -2.10. The molecule has 2 aromatic rings. The second-order valence-electron chi connectivity index (χ2n) is 3.72. The number of aromatic nitrogens is 2. The summed E-state index contributed by atoms with van der Waals surface area (Å²) < 4.78 is 5.61. The summed E-state index contributed by atoms with van der Waals surface area (Å²) in [4.78, 5) is 7.78. The molecule has 0 aliphatic heterocycles. The van der Waals surface area contributed by atoms with Gasteiger partial charge in [0.1, 0.15) is 18.1 Å². The SMILES string of the molecule is Cc1cc(C)c(Oc2ccncn2)c(C#N)c1. The fourth-order valence-corrected chi connectivity index (χ4v) is 1.62. The van der Waals surface area contributed by atoms with E-state index in [0.29, 0.717) is 17.2 Å². The van der Waals surface area contributed by atoms with Crippen molar-refractivity contribution in [3.05, 3.63) is 47.4 Å². The van der Waals surface area contributed by atoms with Crippen molar-refractivity contribution in [3.63, 3.8) is 0 Å². The number of benzene rings is 1. The van der Waals surface area contributed by atoms with Crippen LogP contribution < -0.4 is 4.74 Å². The summed E-state index contributed by atoms with van der Waals surface area (Å²) in [5.74, 6) is 0.986. The first-order chi connectivity index (χ1) is 8.20. The van der Waals surface area contributed by atoms with Gasteiger partial charge in [-0.1, -0.05) is 6.07 Å². The maximum atomic E-state index is 9.08. The summed E-state index contributed by atoms with van der Waals surface area (Å²) in [5.41, 5.74) is 2.47. The van der Waals surface area contributed by atoms with Crippen molar-refractivity contribution >= 4 is 0 Å². The highest BCUT2D eigenvalue weighted by Gasteiger charge is 2.09. The monoisotopic (exact) mass is 225 g/mol. The predicted molar refractivity (Wildman–Crippen MR) is 62.7 cm³/mol. The number of rotatable bonds is 2. The summed E-state index contributed by atoms with van der Waals surface area (Å²) in [6, 6.07) is 7.55. The third-order valence-corrected chi connectivity index (χ3v) is 2.30. The number of ether oxygens (including phenoxy) is 1. The minimum atomic E-state index is 0.434. The number of nitrogens with zero attached hydrogens (tertiary/aromatic N) is 3. The van der Waals surface area contributed by atoms with Gasteiger partial charge in [-0.15, -0.1) is 0 Å². The van der Waals surface area contributed by atoms with Gasteiger partial charge in [0.15, 0.2) is 0 Å². The quantitative estimate of drug-likeness (QED) is 0.788. The lowest BCUT2D eigenvalue weighted by molar-refractivity contribution is 0.456. The molecule has 0 atom stereocenters. The molecule has 1 heterocycles. The van der Waals surface area contributed by atoms with Crippen LogP contribution in [0.4, 0.5) is 0 Å². The third kappa shape index (κ3) is 2.40. The standard InChI is InChI=1S/C13H11N3O/c1-9-5-10(2)13(11(6-9)7-14)17-12-3-4-15-8-16-12/h3-6,8H,1-2H3. The van der Waals surface area contributed by atoms with E-state index < -0.39 is 0 Å². The Morgan fingerprint density at radius 2 is 2.12 bits per heavy atom. The largest absolute Gasteiger partial charge is 0.437 e. The molecule has 17 heavy (non-hydrogen) atoms. The molecule has 0 aliphatic carbocycles. The Labute approximate surface area is 99.5 Å². The Morgan fingerprint density at radius 1 is 1.29 bits per heavy atom. The molecule has 1 aromatic carbocycles. The van der Waals surface area contributed by atoms with Crippen LogP contribution in [0.3, 0.4) is 0 Å². The molecular weight excluding hydrogens is 214 g/mol. The van der Waals surface area contributed by atoms with Gasteiger partial charge in [-0.05, 0) is 31.0 Å². The molecule has 4 nitrogen and oxygen atoms in total. The molecule has 0 bridgehead atoms. The Kier molecular flexibility index (Phi) is 3.01. The smallest absolute Gasteiger partial charge is 0.222 e. The summed E-state index contributed by atoms with van der Waals surface area (Å²) >= 11 is 0. The summed E-state index contributed by atoms with van der Waals surface area (Å²) in [7, 11) is 0. The molecule has 1 aromatic heterocycles. The van der Waals surface area contributed by atoms with Crippen LogP contribution in [0.5, 0.6) is 11.6 Å². The molecule has 0 spiro atoms. The highest BCUT2D eigenvalue weighted by Crippen LogP contribution is 2.28. The molecule has 84 valence electrons. The van der Waals surface area contributed by atoms with Crippen LogP contribution in [-0.4, -0.2) is 9.97 Å². The normalized spacial score (nSPS) is 9.71. The van der Waals surface area contributed by atoms with E-state index in [1.807, 2.05) is 19.9 Å². The van der Waals surface area contributed by atoms with E-state index in [4.69, 9.17) is 10.00 Å². The molecular formula is C13H11N3O. The fourth-order valence-electron chi connectivity index (χ4n) is 1.62. The van der Waals surface area contributed by atoms with E-state index in [1.165, 1.54) is 6.33 Å². The van der Waals surface area contributed by atoms with E-state index >= 15 is 0 Å². The van der Waals surface area contributed by atoms with Crippen molar-refractivity contribution in [2.24, 2.45) is 0 Å². The van der Waals surface area contributed by atoms with Crippen LogP contribution in [0, 0.1) is 25.2 Å². The van der Waals surface area contributed by atoms with E-state index in [0.717, 1.165) is 11.1 Å². The lowest BCUT2D eigenvalue weighted by atomic mass is 10.1. The molecule has 0 N–H and O–H groups in total. The van der Waals surface area contributed by atoms with Gasteiger partial charge in [-0.25, -0.2) is 9.97 Å². The Hall–Kier alpha value is -2.41. The number of hydrogen-bond donors (Lipinski definition) is 0. The zero-order valence-corrected chi connectivity index (χ0v) is 9.64. The van der Waals surface area contributed by atoms with Gasteiger partial charge in [0.25, 0.3) is 0 Å². The predicted octanol–water partition coefficient (Wildman–Crippen LogP) is 2.76. The number of aryl methyl sites for hydroxylation is 2. The van der Waals surface area contributed by atoms with Gasteiger partial charge in [0, 0.05) is 12.3 Å². The molecule has 2 rings (SSSR count). The zero-order chi connectivity index (χ0) is 12.3. The molecule has 0 fully saturated rings. The first kappa shape index (κ1) is 11.1. The Balaban J connectivity index is 2.43. The topological polar surface area (TPSA) is 58.8 Å². The van der Waals surface area contributed by atoms with Crippen LogP contribution >= 0.6 is 0 Å². The molecule has 0 amide bonds. The number of nitriles is 1. The average molecular weight is 225 g/mol. The van der Waals surface area contributed by atoms with E-state index in [-0.39, 0.29) is 0 Å². The first-order valence-electron chi connectivity index (χ1n) is 5.16. The summed E-state index contributed by atoms with van der Waals surface area (Å²) in [5, 5.41) is 9.08. The second kappa shape index (κ2) is 4.62. The van der Waals surface area contributed by atoms with Crippen molar-refractivity contribution < 1.29 is 4.74 Å². The minimum absolute atomic E-state index is 0.434. The van der Waals surface area contributed by atoms with Crippen LogP contribution in [0.1, 0.15) is 16.7 Å². The van der Waals surface area contributed by atoms with Crippen molar-refractivity contribution in [2.75, 3.05) is 0 Å². The highest BCUT2D eigenvalue weighted by molar-refractivity contribution is 5.51. The average Bonchev–Trinajstić information content (AvgIpc) is 2.33. The maximum absolute atomic E-state index is 9.08.